The Morgan fingerprint density at radius 3 is 1.83 bits per heavy atom. The maximum atomic E-state index is 4.91. The summed E-state index contributed by atoms with van der Waals surface area (Å²) in [6, 6.07) is 27.8. The van der Waals surface area contributed by atoms with E-state index in [9.17, 15) is 0 Å². The maximum absolute atomic E-state index is 4.91. The number of fused-ring (bicyclic) bond motifs is 3. The number of hydrogen-bond acceptors (Lipinski definition) is 2. The monoisotopic (exact) mass is 449 g/mol. The van der Waals surface area contributed by atoms with Crippen molar-refractivity contribution in [3.63, 3.8) is 0 Å². The maximum Gasteiger partial charge on any atom is 0.109 e. The van der Waals surface area contributed by atoms with Crippen LogP contribution in [0, 0.1) is 0 Å². The highest BCUT2D eigenvalue weighted by Crippen LogP contribution is 2.45. The van der Waals surface area contributed by atoms with Gasteiger partial charge in [0.2, 0.25) is 0 Å². The van der Waals surface area contributed by atoms with E-state index in [-0.39, 0.29) is 0 Å². The van der Waals surface area contributed by atoms with E-state index in [1.807, 2.05) is 16.9 Å². The third-order valence-corrected chi connectivity index (χ3v) is 6.39. The van der Waals surface area contributed by atoms with E-state index < -0.39 is 0 Å². The molecule has 6 aromatic rings. The molecule has 0 bridgehead atoms. The highest BCUT2D eigenvalue weighted by atomic mass is 79.9. The molecule has 0 aliphatic rings. The average molecular weight is 450 g/mol. The van der Waals surface area contributed by atoms with E-state index in [4.69, 9.17) is 5.10 Å². The predicted octanol–water partition coefficient (Wildman–Crippen LogP) is 7.13. The van der Waals surface area contributed by atoms with Gasteiger partial charge in [0.1, 0.15) is 5.69 Å². The quantitative estimate of drug-likeness (QED) is 0.263. The molecule has 0 unspecified atom stereocenters. The molecule has 0 aliphatic carbocycles. The Morgan fingerprint density at radius 2 is 1.23 bits per heavy atom. The van der Waals surface area contributed by atoms with Gasteiger partial charge in [-0.3, -0.25) is 4.98 Å². The highest BCUT2D eigenvalue weighted by Gasteiger charge is 2.20. The summed E-state index contributed by atoms with van der Waals surface area (Å²) in [4.78, 5) is 4.27. The molecule has 2 aromatic heterocycles. The van der Waals surface area contributed by atoms with Crippen LogP contribution in [0.25, 0.3) is 49.4 Å². The van der Waals surface area contributed by atoms with Crippen molar-refractivity contribution in [2.75, 3.05) is 0 Å². The summed E-state index contributed by atoms with van der Waals surface area (Å²) in [6.07, 6.45) is 5.47. The lowest BCUT2D eigenvalue weighted by Gasteiger charge is -2.16. The Bertz CT molecular complexity index is 1490. The Balaban J connectivity index is 1.83. The fourth-order valence-corrected chi connectivity index (χ4v) is 4.89. The summed E-state index contributed by atoms with van der Waals surface area (Å²) >= 11 is 3.80. The predicted molar refractivity (Wildman–Crippen MR) is 127 cm³/mol. The number of hydrogen-bond donors (Lipinski definition) is 0. The Hall–Kier alpha value is -3.50. The van der Waals surface area contributed by atoms with E-state index in [0.717, 1.165) is 21.2 Å². The molecule has 6 rings (SSSR count). The minimum atomic E-state index is 0.926. The van der Waals surface area contributed by atoms with Crippen LogP contribution in [-0.4, -0.2) is 14.6 Å². The van der Waals surface area contributed by atoms with Gasteiger partial charge in [0, 0.05) is 18.0 Å². The van der Waals surface area contributed by atoms with Crippen molar-refractivity contribution >= 4 is 43.0 Å². The van der Waals surface area contributed by atoms with Crippen LogP contribution in [-0.2, 0) is 0 Å². The largest absolute Gasteiger partial charge is 0.261 e. The number of nitrogens with zero attached hydrogens (tertiary/aromatic N) is 3. The van der Waals surface area contributed by atoms with Crippen LogP contribution < -0.4 is 0 Å². The van der Waals surface area contributed by atoms with Gasteiger partial charge in [-0.1, -0.05) is 78.9 Å². The third-order valence-electron chi connectivity index (χ3n) is 5.61. The van der Waals surface area contributed by atoms with Crippen LogP contribution in [0.3, 0.4) is 0 Å². The molecule has 30 heavy (non-hydrogen) atoms. The standard InChI is InChI=1S/C26H16BrN3/c27-25-22-16-28-14-15-30(22)29-26(25)24-20-12-6-4-10-18(20)23(17-8-2-1-3-9-17)19-11-5-7-13-21(19)24/h1-16H. The molecule has 0 N–H and O–H groups in total. The summed E-state index contributed by atoms with van der Waals surface area (Å²) in [5, 5.41) is 9.73. The van der Waals surface area contributed by atoms with Gasteiger partial charge in [0.15, 0.2) is 0 Å². The van der Waals surface area contributed by atoms with Crippen LogP contribution in [0.5, 0.6) is 0 Å². The van der Waals surface area contributed by atoms with Crippen molar-refractivity contribution in [3.8, 4) is 22.4 Å². The molecule has 4 aromatic carbocycles. The molecule has 0 fully saturated rings. The first-order chi connectivity index (χ1) is 14.8. The smallest absolute Gasteiger partial charge is 0.109 e. The summed E-state index contributed by atoms with van der Waals surface area (Å²) < 4.78 is 2.83. The Labute approximate surface area is 181 Å². The Morgan fingerprint density at radius 1 is 0.667 bits per heavy atom. The number of rotatable bonds is 2. The zero-order valence-corrected chi connectivity index (χ0v) is 17.5. The molecule has 0 amide bonds. The SMILES string of the molecule is Brc1c(-c2c3ccccc3c(-c3ccccc3)c3ccccc23)nn2ccncc12. The zero-order valence-electron chi connectivity index (χ0n) is 16.0. The van der Waals surface area contributed by atoms with Gasteiger partial charge >= 0.3 is 0 Å². The molecule has 0 atom stereocenters. The lowest BCUT2D eigenvalue weighted by Crippen LogP contribution is -1.92. The Kier molecular flexibility index (Phi) is 3.93. The van der Waals surface area contributed by atoms with Crippen molar-refractivity contribution in [2.45, 2.75) is 0 Å². The summed E-state index contributed by atoms with van der Waals surface area (Å²) in [6.45, 7) is 0. The minimum Gasteiger partial charge on any atom is -0.261 e. The highest BCUT2D eigenvalue weighted by molar-refractivity contribution is 9.10. The third kappa shape index (κ3) is 2.50. The summed E-state index contributed by atoms with van der Waals surface area (Å²) in [5.41, 5.74) is 5.49. The van der Waals surface area contributed by atoms with Crippen LogP contribution >= 0.6 is 15.9 Å². The molecule has 142 valence electrons. The molecule has 4 heteroatoms. The molecule has 0 spiro atoms. The second kappa shape index (κ2) is 6.78. The molecule has 0 saturated carbocycles. The van der Waals surface area contributed by atoms with E-state index in [2.05, 4.69) is 99.8 Å². The normalized spacial score (nSPS) is 11.5. The van der Waals surface area contributed by atoms with Gasteiger partial charge in [0.05, 0.1) is 16.2 Å². The number of benzene rings is 4. The molecular weight excluding hydrogens is 434 g/mol. The summed E-state index contributed by atoms with van der Waals surface area (Å²) in [7, 11) is 0. The van der Waals surface area contributed by atoms with Crippen LogP contribution in [0.2, 0.25) is 0 Å². The van der Waals surface area contributed by atoms with Gasteiger partial charge in [-0.2, -0.15) is 5.10 Å². The van der Waals surface area contributed by atoms with Gasteiger partial charge in [-0.15, -0.1) is 0 Å². The first kappa shape index (κ1) is 17.4. The second-order valence-corrected chi connectivity index (χ2v) is 8.07. The van der Waals surface area contributed by atoms with Crippen molar-refractivity contribution in [1.29, 1.82) is 0 Å². The van der Waals surface area contributed by atoms with Gasteiger partial charge in [0.25, 0.3) is 0 Å². The molecule has 0 radical (unpaired) electrons. The molecular formula is C26H16BrN3. The van der Waals surface area contributed by atoms with Crippen LogP contribution in [0.1, 0.15) is 0 Å². The molecule has 0 saturated heterocycles. The van der Waals surface area contributed by atoms with Crippen molar-refractivity contribution in [1.82, 2.24) is 14.6 Å². The average Bonchev–Trinajstić information content (AvgIpc) is 3.14. The topological polar surface area (TPSA) is 30.2 Å². The van der Waals surface area contributed by atoms with Gasteiger partial charge < -0.3 is 0 Å². The summed E-state index contributed by atoms with van der Waals surface area (Å²) in [5.74, 6) is 0. The fourth-order valence-electron chi connectivity index (χ4n) is 4.33. The lowest BCUT2D eigenvalue weighted by atomic mass is 9.87. The zero-order chi connectivity index (χ0) is 20.1. The van der Waals surface area contributed by atoms with E-state index in [1.54, 1.807) is 6.20 Å². The number of halogens is 1. The number of aromatic nitrogens is 3. The van der Waals surface area contributed by atoms with E-state index in [0.29, 0.717) is 0 Å². The minimum absolute atomic E-state index is 0.926. The van der Waals surface area contributed by atoms with Crippen LogP contribution in [0.4, 0.5) is 0 Å². The molecule has 2 heterocycles. The second-order valence-electron chi connectivity index (χ2n) is 7.28. The van der Waals surface area contributed by atoms with Crippen molar-refractivity contribution in [3.05, 3.63) is 102 Å². The lowest BCUT2D eigenvalue weighted by molar-refractivity contribution is 0.951. The fraction of sp³-hybridized carbons (Fsp3) is 0. The van der Waals surface area contributed by atoms with E-state index >= 15 is 0 Å². The molecule has 0 aliphatic heterocycles. The van der Waals surface area contributed by atoms with Gasteiger partial charge in [-0.25, -0.2) is 4.52 Å². The van der Waals surface area contributed by atoms with Crippen molar-refractivity contribution in [2.24, 2.45) is 0 Å². The van der Waals surface area contributed by atoms with Gasteiger partial charge in [-0.05, 0) is 48.6 Å². The van der Waals surface area contributed by atoms with E-state index in [1.165, 1.54) is 32.7 Å². The first-order valence-corrected chi connectivity index (χ1v) is 10.6. The van der Waals surface area contributed by atoms with Crippen LogP contribution in [0.15, 0.2) is 102 Å². The first-order valence-electron chi connectivity index (χ1n) is 9.80. The molecule has 3 nitrogen and oxygen atoms in total. The van der Waals surface area contributed by atoms with Crippen molar-refractivity contribution < 1.29 is 0 Å².